The molecule has 6 nitrogen and oxygen atoms in total. The first-order valence-electron chi connectivity index (χ1n) is 6.59. The lowest BCUT2D eigenvalue weighted by Crippen LogP contribution is -2.21. The summed E-state index contributed by atoms with van der Waals surface area (Å²) < 4.78 is 31.1. The molecule has 0 saturated carbocycles. The smallest absolute Gasteiger partial charge is 0.282 e. The van der Waals surface area contributed by atoms with E-state index in [1.165, 1.54) is 40.6 Å². The molecule has 2 heterocycles. The number of anilines is 1. The van der Waals surface area contributed by atoms with Crippen LogP contribution in [-0.4, -0.2) is 24.6 Å². The van der Waals surface area contributed by atoms with Gasteiger partial charge in [0.2, 0.25) is 0 Å². The molecule has 3 rings (SSSR count). The summed E-state index contributed by atoms with van der Waals surface area (Å²) in [5.74, 6) is -0.282. The van der Waals surface area contributed by atoms with E-state index < -0.39 is 10.1 Å². The molecule has 0 saturated heterocycles. The maximum atomic E-state index is 12.5. The Balaban J connectivity index is 1.92. The first kappa shape index (κ1) is 15.6. The Labute approximate surface area is 137 Å². The standard InChI is InChI=1S/C15H12N2O4S2/c1-10-14(9-12-3-2-8-22-12)15(18)17(16-10)11-4-6-13(7-5-11)23(19,20)21/h2-9H,1H3,(H,19,20,21)/b14-9+. The zero-order valence-electron chi connectivity index (χ0n) is 12.0. The Bertz CT molecular complexity index is 911. The van der Waals surface area contributed by atoms with Crippen molar-refractivity contribution in [3.8, 4) is 0 Å². The van der Waals surface area contributed by atoms with Gasteiger partial charge in [0.15, 0.2) is 0 Å². The number of nitrogens with zero attached hydrogens (tertiary/aromatic N) is 2. The van der Waals surface area contributed by atoms with Gasteiger partial charge in [0.1, 0.15) is 0 Å². The number of benzene rings is 1. The molecule has 0 fully saturated rings. The summed E-state index contributed by atoms with van der Waals surface area (Å²) in [4.78, 5) is 13.2. The number of hydrogen-bond acceptors (Lipinski definition) is 5. The molecule has 0 aliphatic carbocycles. The van der Waals surface area contributed by atoms with Crippen LogP contribution in [0.3, 0.4) is 0 Å². The minimum Gasteiger partial charge on any atom is -0.282 e. The van der Waals surface area contributed by atoms with E-state index in [0.29, 0.717) is 17.0 Å². The molecule has 118 valence electrons. The van der Waals surface area contributed by atoms with E-state index in [9.17, 15) is 13.2 Å². The second-order valence-corrected chi connectivity index (χ2v) is 7.25. The quantitative estimate of drug-likeness (QED) is 0.682. The lowest BCUT2D eigenvalue weighted by Gasteiger charge is -2.11. The monoisotopic (exact) mass is 348 g/mol. The van der Waals surface area contributed by atoms with Crippen molar-refractivity contribution in [2.75, 3.05) is 5.01 Å². The number of carbonyl (C=O) groups is 1. The fourth-order valence-corrected chi connectivity index (χ4v) is 3.27. The minimum atomic E-state index is -4.26. The van der Waals surface area contributed by atoms with Gasteiger partial charge >= 0.3 is 0 Å². The van der Waals surface area contributed by atoms with Crippen LogP contribution < -0.4 is 5.01 Å². The van der Waals surface area contributed by atoms with Crippen molar-refractivity contribution in [1.82, 2.24) is 0 Å². The van der Waals surface area contributed by atoms with Crippen molar-refractivity contribution in [3.63, 3.8) is 0 Å². The molecule has 1 amide bonds. The van der Waals surface area contributed by atoms with Gasteiger partial charge in [0.05, 0.1) is 21.9 Å². The molecular formula is C15H12N2O4S2. The SMILES string of the molecule is CC1=NN(c2ccc(S(=O)(=O)O)cc2)C(=O)/C1=C/c1cccs1. The topological polar surface area (TPSA) is 87.0 Å². The summed E-state index contributed by atoms with van der Waals surface area (Å²) in [6.07, 6.45) is 1.78. The molecule has 1 aromatic heterocycles. The normalized spacial score (nSPS) is 17.0. The third kappa shape index (κ3) is 3.09. The molecular weight excluding hydrogens is 336 g/mol. The molecule has 1 aliphatic heterocycles. The van der Waals surface area contributed by atoms with E-state index >= 15 is 0 Å². The third-order valence-electron chi connectivity index (χ3n) is 3.27. The van der Waals surface area contributed by atoms with E-state index in [2.05, 4.69) is 5.10 Å². The first-order valence-corrected chi connectivity index (χ1v) is 8.91. The van der Waals surface area contributed by atoms with Crippen LogP contribution in [0.15, 0.2) is 57.3 Å². The van der Waals surface area contributed by atoms with Gasteiger partial charge in [-0.3, -0.25) is 9.35 Å². The van der Waals surface area contributed by atoms with Crippen LogP contribution >= 0.6 is 11.3 Å². The summed E-state index contributed by atoms with van der Waals surface area (Å²) in [5, 5.41) is 7.35. The molecule has 0 unspecified atom stereocenters. The molecule has 0 spiro atoms. The Morgan fingerprint density at radius 3 is 2.48 bits per heavy atom. The van der Waals surface area contributed by atoms with E-state index in [4.69, 9.17) is 4.55 Å². The van der Waals surface area contributed by atoms with Crippen LogP contribution in [0.2, 0.25) is 0 Å². The fraction of sp³-hybridized carbons (Fsp3) is 0.0667. The Kier molecular flexibility index (Phi) is 3.88. The molecule has 0 bridgehead atoms. The highest BCUT2D eigenvalue weighted by Gasteiger charge is 2.29. The second-order valence-electron chi connectivity index (χ2n) is 4.84. The predicted octanol–water partition coefficient (Wildman–Crippen LogP) is 2.80. The molecule has 1 aliphatic rings. The van der Waals surface area contributed by atoms with Crippen LogP contribution in [0.5, 0.6) is 0 Å². The Morgan fingerprint density at radius 1 is 1.22 bits per heavy atom. The maximum absolute atomic E-state index is 12.5. The van der Waals surface area contributed by atoms with Gasteiger partial charge in [-0.2, -0.15) is 18.5 Å². The van der Waals surface area contributed by atoms with E-state index in [1.807, 2.05) is 17.5 Å². The Morgan fingerprint density at radius 2 is 1.91 bits per heavy atom. The summed E-state index contributed by atoms with van der Waals surface area (Å²) in [7, 11) is -4.26. The number of amides is 1. The highest BCUT2D eigenvalue weighted by molar-refractivity contribution is 7.85. The average Bonchev–Trinajstić information content (AvgIpc) is 3.10. The first-order chi connectivity index (χ1) is 10.9. The predicted molar refractivity (Wildman–Crippen MR) is 89.1 cm³/mol. The third-order valence-corrected chi connectivity index (χ3v) is 4.96. The van der Waals surface area contributed by atoms with Gasteiger partial charge in [-0.05, 0) is 48.7 Å². The number of rotatable bonds is 3. The van der Waals surface area contributed by atoms with Crippen molar-refractivity contribution in [3.05, 3.63) is 52.2 Å². The van der Waals surface area contributed by atoms with Crippen molar-refractivity contribution in [1.29, 1.82) is 0 Å². The summed E-state index contributed by atoms with van der Waals surface area (Å²) in [6, 6.07) is 9.10. The van der Waals surface area contributed by atoms with Gasteiger partial charge in [-0.15, -0.1) is 11.3 Å². The second kappa shape index (κ2) is 5.73. The van der Waals surface area contributed by atoms with Crippen molar-refractivity contribution in [2.45, 2.75) is 11.8 Å². The molecule has 23 heavy (non-hydrogen) atoms. The maximum Gasteiger partial charge on any atom is 0.294 e. The average molecular weight is 348 g/mol. The van der Waals surface area contributed by atoms with Crippen LogP contribution in [0.1, 0.15) is 11.8 Å². The molecule has 0 atom stereocenters. The number of thiophene rings is 1. The Hall–Kier alpha value is -2.29. The van der Waals surface area contributed by atoms with Gasteiger partial charge in [-0.1, -0.05) is 6.07 Å². The summed E-state index contributed by atoms with van der Waals surface area (Å²) >= 11 is 1.52. The molecule has 1 aromatic carbocycles. The van der Waals surface area contributed by atoms with Crippen molar-refractivity contribution >= 4 is 44.8 Å². The summed E-state index contributed by atoms with van der Waals surface area (Å²) in [6.45, 7) is 1.74. The minimum absolute atomic E-state index is 0.233. The lowest BCUT2D eigenvalue weighted by molar-refractivity contribution is -0.114. The van der Waals surface area contributed by atoms with Crippen LogP contribution in [0, 0.1) is 0 Å². The van der Waals surface area contributed by atoms with E-state index in [1.54, 1.807) is 13.0 Å². The highest BCUT2D eigenvalue weighted by Crippen LogP contribution is 2.26. The number of carbonyl (C=O) groups excluding carboxylic acids is 1. The zero-order chi connectivity index (χ0) is 16.6. The molecule has 2 aromatic rings. The zero-order valence-corrected chi connectivity index (χ0v) is 13.6. The number of hydrazone groups is 1. The van der Waals surface area contributed by atoms with Crippen molar-refractivity contribution < 1.29 is 17.8 Å². The molecule has 8 heteroatoms. The van der Waals surface area contributed by atoms with Crippen LogP contribution in [-0.2, 0) is 14.9 Å². The van der Waals surface area contributed by atoms with Crippen LogP contribution in [0.4, 0.5) is 5.69 Å². The van der Waals surface area contributed by atoms with Gasteiger partial charge in [0, 0.05) is 4.88 Å². The van der Waals surface area contributed by atoms with Gasteiger partial charge in [-0.25, -0.2) is 0 Å². The highest BCUT2D eigenvalue weighted by atomic mass is 32.2. The molecule has 1 N–H and O–H groups in total. The number of hydrogen-bond donors (Lipinski definition) is 1. The van der Waals surface area contributed by atoms with E-state index in [-0.39, 0.29) is 10.8 Å². The largest absolute Gasteiger partial charge is 0.294 e. The van der Waals surface area contributed by atoms with Crippen molar-refractivity contribution in [2.24, 2.45) is 5.10 Å². The molecule has 0 radical (unpaired) electrons. The van der Waals surface area contributed by atoms with Crippen LogP contribution in [0.25, 0.3) is 6.08 Å². The summed E-state index contributed by atoms with van der Waals surface area (Å²) in [5.41, 5.74) is 1.50. The van der Waals surface area contributed by atoms with Gasteiger partial charge in [0.25, 0.3) is 16.0 Å². The van der Waals surface area contributed by atoms with E-state index in [0.717, 1.165) is 4.88 Å². The lowest BCUT2D eigenvalue weighted by atomic mass is 10.1. The van der Waals surface area contributed by atoms with Gasteiger partial charge < -0.3 is 0 Å². The fourth-order valence-electron chi connectivity index (χ4n) is 2.13.